The summed E-state index contributed by atoms with van der Waals surface area (Å²) < 4.78 is 0. The summed E-state index contributed by atoms with van der Waals surface area (Å²) >= 11 is 0. The number of amides is 2. The monoisotopic (exact) mass is 301 g/mol. The number of nitrogens with zero attached hydrogens (tertiary/aromatic N) is 1. The molecule has 0 aliphatic carbocycles. The predicted octanol–water partition coefficient (Wildman–Crippen LogP) is 2.53. The Hall–Kier alpha value is -2.04. The molecule has 0 aromatic heterocycles. The van der Waals surface area contributed by atoms with Gasteiger partial charge in [-0.25, -0.2) is 0 Å². The maximum atomic E-state index is 12.3. The molecule has 1 aromatic rings. The van der Waals surface area contributed by atoms with Crippen molar-refractivity contribution in [2.75, 3.05) is 16.8 Å². The maximum Gasteiger partial charge on any atom is 0.251 e. The molecular weight excluding hydrogens is 278 g/mol. The van der Waals surface area contributed by atoms with Gasteiger partial charge in [-0.15, -0.1) is 0 Å². The molecular formula is C17H23N3O2. The van der Waals surface area contributed by atoms with Crippen LogP contribution in [0.15, 0.2) is 18.2 Å². The smallest absolute Gasteiger partial charge is 0.251 e. The number of carbonyl (C=O) groups is 2. The van der Waals surface area contributed by atoms with Crippen molar-refractivity contribution < 1.29 is 9.59 Å². The normalized spacial score (nSPS) is 19.7. The lowest BCUT2D eigenvalue weighted by Gasteiger charge is -2.33. The van der Waals surface area contributed by atoms with E-state index in [-0.39, 0.29) is 23.9 Å². The largest absolute Gasteiger partial charge is 0.358 e. The Morgan fingerprint density at radius 1 is 1.41 bits per heavy atom. The number of benzene rings is 1. The zero-order chi connectivity index (χ0) is 15.7. The van der Waals surface area contributed by atoms with Gasteiger partial charge < -0.3 is 15.5 Å². The van der Waals surface area contributed by atoms with E-state index in [4.69, 9.17) is 0 Å². The highest BCUT2D eigenvalue weighted by molar-refractivity contribution is 6.06. The van der Waals surface area contributed by atoms with Gasteiger partial charge in [0, 0.05) is 18.2 Å². The number of fused-ring (bicyclic) bond motifs is 3. The fourth-order valence-corrected chi connectivity index (χ4v) is 3.33. The lowest BCUT2D eigenvalue weighted by molar-refractivity contribution is -0.117. The Kier molecular flexibility index (Phi) is 4.05. The molecule has 1 fully saturated rings. The third kappa shape index (κ3) is 2.56. The van der Waals surface area contributed by atoms with Crippen molar-refractivity contribution >= 4 is 23.2 Å². The second-order valence-corrected chi connectivity index (χ2v) is 6.06. The highest BCUT2D eigenvalue weighted by Gasteiger charge is 2.36. The number of carbonyl (C=O) groups excluding carboxylic acids is 2. The number of nitrogens with one attached hydrogen (secondary N) is 2. The van der Waals surface area contributed by atoms with Crippen LogP contribution in [0.25, 0.3) is 0 Å². The first-order chi connectivity index (χ1) is 10.6. The van der Waals surface area contributed by atoms with E-state index in [1.54, 1.807) is 6.07 Å². The molecule has 5 nitrogen and oxygen atoms in total. The minimum Gasteiger partial charge on any atom is -0.358 e. The first kappa shape index (κ1) is 14.9. The van der Waals surface area contributed by atoms with Crippen LogP contribution in [0, 0.1) is 0 Å². The average molecular weight is 301 g/mol. The molecule has 2 N–H and O–H groups in total. The summed E-state index contributed by atoms with van der Waals surface area (Å²) in [6.07, 6.45) is 3.77. The first-order valence-corrected chi connectivity index (χ1v) is 8.16. The molecule has 0 unspecified atom stereocenters. The third-order valence-electron chi connectivity index (χ3n) is 4.70. The number of rotatable bonds is 4. The van der Waals surface area contributed by atoms with Gasteiger partial charge in [-0.05, 0) is 43.9 Å². The lowest BCUT2D eigenvalue weighted by Crippen LogP contribution is -2.44. The summed E-state index contributed by atoms with van der Waals surface area (Å²) in [5, 5.41) is 5.98. The van der Waals surface area contributed by atoms with Crippen molar-refractivity contribution in [3.8, 4) is 0 Å². The molecule has 1 saturated heterocycles. The van der Waals surface area contributed by atoms with Gasteiger partial charge in [0.2, 0.25) is 5.91 Å². The molecule has 0 radical (unpaired) electrons. The number of hydrogen-bond acceptors (Lipinski definition) is 3. The summed E-state index contributed by atoms with van der Waals surface area (Å²) in [5.74, 6) is -0.0307. The second-order valence-electron chi connectivity index (χ2n) is 6.06. The van der Waals surface area contributed by atoms with Crippen LogP contribution in [0.2, 0.25) is 0 Å². The van der Waals surface area contributed by atoms with E-state index in [0.717, 1.165) is 43.6 Å². The van der Waals surface area contributed by atoms with Crippen LogP contribution in [0.5, 0.6) is 0 Å². The zero-order valence-corrected chi connectivity index (χ0v) is 13.2. The Bertz CT molecular complexity index is 596. The van der Waals surface area contributed by atoms with Crippen molar-refractivity contribution in [3.63, 3.8) is 0 Å². The second kappa shape index (κ2) is 5.99. The quantitative estimate of drug-likeness (QED) is 0.898. The average Bonchev–Trinajstić information content (AvgIpc) is 3.02. The standard InChI is InChI=1S/C17H23N3O2/c1-3-12(4-2)18-16(21)11-7-8-14-13(10-11)19-17(22)15-6-5-9-20(14)15/h7-8,10,12,15H,3-6,9H2,1-2H3,(H,18,21)(H,19,22)/t15-/m0/s1. The lowest BCUT2D eigenvalue weighted by atomic mass is 10.1. The van der Waals surface area contributed by atoms with E-state index in [1.807, 2.05) is 12.1 Å². The molecule has 5 heteroatoms. The maximum absolute atomic E-state index is 12.3. The fraction of sp³-hybridized carbons (Fsp3) is 0.529. The molecule has 1 atom stereocenters. The van der Waals surface area contributed by atoms with Gasteiger partial charge in [0.15, 0.2) is 0 Å². The summed E-state index contributed by atoms with van der Waals surface area (Å²) in [5.41, 5.74) is 2.38. The van der Waals surface area contributed by atoms with Crippen LogP contribution >= 0.6 is 0 Å². The van der Waals surface area contributed by atoms with E-state index in [9.17, 15) is 9.59 Å². The Balaban J connectivity index is 1.84. The molecule has 2 aliphatic rings. The number of anilines is 2. The van der Waals surface area contributed by atoms with Crippen LogP contribution in [0.3, 0.4) is 0 Å². The van der Waals surface area contributed by atoms with Gasteiger partial charge in [-0.3, -0.25) is 9.59 Å². The molecule has 1 aromatic carbocycles. The molecule has 22 heavy (non-hydrogen) atoms. The molecule has 118 valence electrons. The zero-order valence-electron chi connectivity index (χ0n) is 13.2. The van der Waals surface area contributed by atoms with Crippen molar-refractivity contribution in [3.05, 3.63) is 23.8 Å². The molecule has 3 rings (SSSR count). The van der Waals surface area contributed by atoms with E-state index in [1.165, 1.54) is 0 Å². The van der Waals surface area contributed by atoms with Gasteiger partial charge in [-0.1, -0.05) is 13.8 Å². The topological polar surface area (TPSA) is 61.4 Å². The van der Waals surface area contributed by atoms with Gasteiger partial charge in [-0.2, -0.15) is 0 Å². The minimum absolute atomic E-state index is 0.0440. The van der Waals surface area contributed by atoms with Gasteiger partial charge in [0.25, 0.3) is 5.91 Å². The van der Waals surface area contributed by atoms with E-state index in [2.05, 4.69) is 29.4 Å². The van der Waals surface area contributed by atoms with Gasteiger partial charge in [0.1, 0.15) is 6.04 Å². The van der Waals surface area contributed by atoms with Crippen molar-refractivity contribution in [2.45, 2.75) is 51.6 Å². The SMILES string of the molecule is CCC(CC)NC(=O)c1ccc2c(c1)NC(=O)[C@@H]1CCCN21. The molecule has 2 amide bonds. The van der Waals surface area contributed by atoms with Gasteiger partial charge >= 0.3 is 0 Å². The van der Waals surface area contributed by atoms with Gasteiger partial charge in [0.05, 0.1) is 11.4 Å². The summed E-state index contributed by atoms with van der Waals surface area (Å²) in [4.78, 5) is 26.6. The van der Waals surface area contributed by atoms with Crippen LogP contribution < -0.4 is 15.5 Å². The van der Waals surface area contributed by atoms with Crippen molar-refractivity contribution in [1.29, 1.82) is 0 Å². The molecule has 0 saturated carbocycles. The Labute approximate surface area is 131 Å². The van der Waals surface area contributed by atoms with E-state index >= 15 is 0 Å². The van der Waals surface area contributed by atoms with Crippen molar-refractivity contribution in [1.82, 2.24) is 5.32 Å². The first-order valence-electron chi connectivity index (χ1n) is 8.16. The highest BCUT2D eigenvalue weighted by atomic mass is 16.2. The van der Waals surface area contributed by atoms with Crippen LogP contribution in [0.4, 0.5) is 11.4 Å². The molecule has 0 spiro atoms. The Morgan fingerprint density at radius 3 is 2.91 bits per heavy atom. The van der Waals surface area contributed by atoms with E-state index in [0.29, 0.717) is 5.56 Å². The minimum atomic E-state index is -0.0747. The Morgan fingerprint density at radius 2 is 2.18 bits per heavy atom. The predicted molar refractivity (Wildman–Crippen MR) is 87.3 cm³/mol. The third-order valence-corrected chi connectivity index (χ3v) is 4.70. The summed E-state index contributed by atoms with van der Waals surface area (Å²) in [6, 6.07) is 5.75. The molecule has 2 heterocycles. The molecule has 0 bridgehead atoms. The van der Waals surface area contributed by atoms with Crippen LogP contribution in [0.1, 0.15) is 49.9 Å². The van der Waals surface area contributed by atoms with Crippen molar-refractivity contribution in [2.24, 2.45) is 0 Å². The van der Waals surface area contributed by atoms with E-state index < -0.39 is 0 Å². The summed E-state index contributed by atoms with van der Waals surface area (Å²) in [6.45, 7) is 5.04. The highest BCUT2D eigenvalue weighted by Crippen LogP contribution is 2.37. The number of hydrogen-bond donors (Lipinski definition) is 2. The molecule has 2 aliphatic heterocycles. The van der Waals surface area contributed by atoms with Crippen LogP contribution in [-0.2, 0) is 4.79 Å². The summed E-state index contributed by atoms with van der Waals surface area (Å²) in [7, 11) is 0. The fourth-order valence-electron chi connectivity index (χ4n) is 3.33. The van der Waals surface area contributed by atoms with Crippen LogP contribution in [-0.4, -0.2) is 30.4 Å².